The number of nitrogens with two attached hydrogens (primary N) is 2. The van der Waals surface area contributed by atoms with E-state index in [-0.39, 0.29) is 5.91 Å². The standard InChI is InChI=1S/C14H20BrN3O/c15-12-7-11(9-16)1-2-13(12)18-5-3-10(4-6-18)8-14(17)19/h1-2,7,10H,3-6,8-9,16H2,(H2,17,19). The second-order valence-corrected chi connectivity index (χ2v) is 5.95. The Labute approximate surface area is 122 Å². The SMILES string of the molecule is NCc1ccc(N2CCC(CC(N)=O)CC2)c(Br)c1. The summed E-state index contributed by atoms with van der Waals surface area (Å²) in [5.74, 6) is 0.253. The highest BCUT2D eigenvalue weighted by Crippen LogP contribution is 2.31. The molecule has 1 heterocycles. The fourth-order valence-electron chi connectivity index (χ4n) is 2.60. The van der Waals surface area contributed by atoms with Crippen molar-refractivity contribution in [2.75, 3.05) is 18.0 Å². The molecule has 2 rings (SSSR count). The molecule has 0 bridgehead atoms. The lowest BCUT2D eigenvalue weighted by molar-refractivity contribution is -0.119. The number of anilines is 1. The van der Waals surface area contributed by atoms with Gasteiger partial charge < -0.3 is 16.4 Å². The molecular formula is C14H20BrN3O. The third-order valence-electron chi connectivity index (χ3n) is 3.69. The van der Waals surface area contributed by atoms with Crippen LogP contribution in [0, 0.1) is 5.92 Å². The van der Waals surface area contributed by atoms with Crippen molar-refractivity contribution in [2.45, 2.75) is 25.8 Å². The lowest BCUT2D eigenvalue weighted by atomic mass is 9.93. The van der Waals surface area contributed by atoms with Gasteiger partial charge in [-0.2, -0.15) is 0 Å². The van der Waals surface area contributed by atoms with Crippen LogP contribution in [0.5, 0.6) is 0 Å². The van der Waals surface area contributed by atoms with Crippen molar-refractivity contribution in [2.24, 2.45) is 17.4 Å². The van der Waals surface area contributed by atoms with E-state index in [1.807, 2.05) is 0 Å². The number of halogens is 1. The van der Waals surface area contributed by atoms with Gasteiger partial charge in [-0.05, 0) is 52.4 Å². The lowest BCUT2D eigenvalue weighted by Gasteiger charge is -2.34. The van der Waals surface area contributed by atoms with E-state index in [0.717, 1.165) is 36.0 Å². The van der Waals surface area contributed by atoms with Crippen molar-refractivity contribution in [1.29, 1.82) is 0 Å². The van der Waals surface area contributed by atoms with Crippen LogP contribution in [-0.2, 0) is 11.3 Å². The third-order valence-corrected chi connectivity index (χ3v) is 4.33. The molecule has 5 heteroatoms. The van der Waals surface area contributed by atoms with Gasteiger partial charge in [0.2, 0.25) is 5.91 Å². The molecular weight excluding hydrogens is 306 g/mol. The number of primary amides is 1. The summed E-state index contributed by atoms with van der Waals surface area (Å²) in [4.78, 5) is 13.3. The summed E-state index contributed by atoms with van der Waals surface area (Å²) >= 11 is 3.61. The van der Waals surface area contributed by atoms with Crippen molar-refractivity contribution < 1.29 is 4.79 Å². The van der Waals surface area contributed by atoms with Gasteiger partial charge in [-0.15, -0.1) is 0 Å². The first-order valence-corrected chi connectivity index (χ1v) is 7.41. The molecule has 1 fully saturated rings. The molecule has 19 heavy (non-hydrogen) atoms. The summed E-state index contributed by atoms with van der Waals surface area (Å²) in [6.45, 7) is 2.50. The maximum absolute atomic E-state index is 10.9. The van der Waals surface area contributed by atoms with Gasteiger partial charge in [0.05, 0.1) is 5.69 Å². The van der Waals surface area contributed by atoms with Crippen molar-refractivity contribution in [3.8, 4) is 0 Å². The summed E-state index contributed by atoms with van der Waals surface area (Å²) in [7, 11) is 0. The van der Waals surface area contributed by atoms with E-state index in [0.29, 0.717) is 18.9 Å². The Morgan fingerprint density at radius 1 is 1.37 bits per heavy atom. The average molecular weight is 326 g/mol. The van der Waals surface area contributed by atoms with Crippen LogP contribution in [0.1, 0.15) is 24.8 Å². The quantitative estimate of drug-likeness (QED) is 0.889. The van der Waals surface area contributed by atoms with Gasteiger partial charge in [-0.3, -0.25) is 4.79 Å². The number of hydrogen-bond donors (Lipinski definition) is 2. The smallest absolute Gasteiger partial charge is 0.217 e. The van der Waals surface area contributed by atoms with Crippen molar-refractivity contribution in [1.82, 2.24) is 0 Å². The number of nitrogens with zero attached hydrogens (tertiary/aromatic N) is 1. The topological polar surface area (TPSA) is 72.3 Å². The van der Waals surface area contributed by atoms with E-state index in [4.69, 9.17) is 11.5 Å². The van der Waals surface area contributed by atoms with Crippen LogP contribution in [0.2, 0.25) is 0 Å². The normalized spacial score (nSPS) is 16.6. The zero-order valence-electron chi connectivity index (χ0n) is 10.9. The molecule has 1 aliphatic rings. The zero-order chi connectivity index (χ0) is 13.8. The van der Waals surface area contributed by atoms with Crippen LogP contribution in [-0.4, -0.2) is 19.0 Å². The van der Waals surface area contributed by atoms with E-state index in [1.165, 1.54) is 5.69 Å². The summed E-state index contributed by atoms with van der Waals surface area (Å²) in [6.07, 6.45) is 2.56. The Morgan fingerprint density at radius 3 is 2.58 bits per heavy atom. The fraction of sp³-hybridized carbons (Fsp3) is 0.500. The van der Waals surface area contributed by atoms with E-state index in [9.17, 15) is 4.79 Å². The molecule has 1 aromatic carbocycles. The van der Waals surface area contributed by atoms with Gasteiger partial charge in [0, 0.05) is 30.5 Å². The lowest BCUT2D eigenvalue weighted by Crippen LogP contribution is -2.35. The number of carbonyl (C=O) groups is 1. The Kier molecular flexibility index (Phi) is 4.82. The Balaban J connectivity index is 1.99. The number of carbonyl (C=O) groups excluding carboxylic acids is 1. The summed E-state index contributed by atoms with van der Waals surface area (Å²) in [5, 5.41) is 0. The van der Waals surface area contributed by atoms with Gasteiger partial charge in [0.25, 0.3) is 0 Å². The summed E-state index contributed by atoms with van der Waals surface area (Å²) < 4.78 is 1.09. The zero-order valence-corrected chi connectivity index (χ0v) is 12.5. The minimum absolute atomic E-state index is 0.188. The molecule has 0 aromatic heterocycles. The minimum Gasteiger partial charge on any atom is -0.371 e. The molecule has 4 nitrogen and oxygen atoms in total. The average Bonchev–Trinajstić information content (AvgIpc) is 2.39. The number of hydrogen-bond acceptors (Lipinski definition) is 3. The van der Waals surface area contributed by atoms with Gasteiger partial charge >= 0.3 is 0 Å². The van der Waals surface area contributed by atoms with Crippen molar-refractivity contribution >= 4 is 27.5 Å². The maximum Gasteiger partial charge on any atom is 0.217 e. The van der Waals surface area contributed by atoms with Crippen molar-refractivity contribution in [3.05, 3.63) is 28.2 Å². The molecule has 1 saturated heterocycles. The highest BCUT2D eigenvalue weighted by molar-refractivity contribution is 9.10. The molecule has 4 N–H and O–H groups in total. The monoisotopic (exact) mass is 325 g/mol. The molecule has 104 valence electrons. The molecule has 1 amide bonds. The number of piperidine rings is 1. The molecule has 0 saturated carbocycles. The Morgan fingerprint density at radius 2 is 2.05 bits per heavy atom. The largest absolute Gasteiger partial charge is 0.371 e. The van der Waals surface area contributed by atoms with Crippen LogP contribution in [0.4, 0.5) is 5.69 Å². The first kappa shape index (κ1) is 14.3. The van der Waals surface area contributed by atoms with E-state index in [1.54, 1.807) is 0 Å². The predicted octanol–water partition coefficient (Wildman–Crippen LogP) is 2.00. The van der Waals surface area contributed by atoms with Crippen LogP contribution in [0.25, 0.3) is 0 Å². The highest BCUT2D eigenvalue weighted by atomic mass is 79.9. The molecule has 1 aromatic rings. The summed E-state index contributed by atoms with van der Waals surface area (Å²) in [6, 6.07) is 6.25. The van der Waals surface area contributed by atoms with E-state index < -0.39 is 0 Å². The number of benzene rings is 1. The molecule has 0 atom stereocenters. The van der Waals surface area contributed by atoms with Crippen LogP contribution in [0.3, 0.4) is 0 Å². The summed E-state index contributed by atoms with van der Waals surface area (Å²) in [5.41, 5.74) is 13.2. The van der Waals surface area contributed by atoms with Gasteiger partial charge in [-0.25, -0.2) is 0 Å². The minimum atomic E-state index is -0.188. The second kappa shape index (κ2) is 6.39. The first-order valence-electron chi connectivity index (χ1n) is 6.62. The first-order chi connectivity index (χ1) is 9.10. The van der Waals surface area contributed by atoms with Gasteiger partial charge in [0.15, 0.2) is 0 Å². The maximum atomic E-state index is 10.9. The molecule has 0 aliphatic carbocycles. The predicted molar refractivity (Wildman–Crippen MR) is 80.8 cm³/mol. The van der Waals surface area contributed by atoms with Gasteiger partial charge in [-0.1, -0.05) is 6.07 Å². The molecule has 0 spiro atoms. The molecule has 1 aliphatic heterocycles. The van der Waals surface area contributed by atoms with Crippen LogP contribution < -0.4 is 16.4 Å². The number of amides is 1. The second-order valence-electron chi connectivity index (χ2n) is 5.09. The molecule has 0 unspecified atom stereocenters. The highest BCUT2D eigenvalue weighted by Gasteiger charge is 2.21. The molecule has 0 radical (unpaired) electrons. The van der Waals surface area contributed by atoms with Gasteiger partial charge in [0.1, 0.15) is 0 Å². The van der Waals surface area contributed by atoms with E-state index in [2.05, 4.69) is 39.0 Å². The Hall–Kier alpha value is -1.07. The van der Waals surface area contributed by atoms with Crippen molar-refractivity contribution in [3.63, 3.8) is 0 Å². The third kappa shape index (κ3) is 3.70. The van der Waals surface area contributed by atoms with Crippen LogP contribution in [0.15, 0.2) is 22.7 Å². The van der Waals surface area contributed by atoms with E-state index >= 15 is 0 Å². The van der Waals surface area contributed by atoms with Crippen LogP contribution >= 0.6 is 15.9 Å². The number of rotatable bonds is 4. The fourth-order valence-corrected chi connectivity index (χ4v) is 3.27. The Bertz CT molecular complexity index is 456.